The minimum atomic E-state index is -4.24. The highest BCUT2D eigenvalue weighted by atomic mass is 35.5. The number of anilines is 1. The SMILES string of the molecule is CCNC(=O)[C@H](CC)N(Cc1c(Cl)cccc1Cl)C(=O)CN(c1ccc(Cl)cc1)S(=O)(=O)c1ccc(OC)cc1. The molecule has 2 amide bonds. The summed E-state index contributed by atoms with van der Waals surface area (Å²) in [7, 11) is -2.77. The number of likely N-dealkylation sites (N-methyl/N-ethyl adjacent to an activating group) is 1. The molecule has 0 bridgehead atoms. The number of halogens is 3. The first-order valence-corrected chi connectivity index (χ1v) is 15.0. The Kier molecular flexibility index (Phi) is 11.1. The van der Waals surface area contributed by atoms with Crippen LogP contribution in [0.15, 0.2) is 71.6 Å². The van der Waals surface area contributed by atoms with Gasteiger partial charge in [0.15, 0.2) is 0 Å². The predicted molar refractivity (Wildman–Crippen MR) is 159 cm³/mol. The van der Waals surface area contributed by atoms with Gasteiger partial charge in [0.1, 0.15) is 18.3 Å². The molecular formula is C28H30Cl3N3O5S. The van der Waals surface area contributed by atoms with Crippen LogP contribution in [0.2, 0.25) is 15.1 Å². The minimum Gasteiger partial charge on any atom is -0.497 e. The molecule has 12 heteroatoms. The second-order valence-corrected chi connectivity index (χ2v) is 11.8. The van der Waals surface area contributed by atoms with E-state index in [2.05, 4.69) is 5.32 Å². The molecule has 3 aromatic carbocycles. The second kappa shape index (κ2) is 14.1. The smallest absolute Gasteiger partial charge is 0.264 e. The Morgan fingerprint density at radius 1 is 0.925 bits per heavy atom. The molecule has 0 aliphatic carbocycles. The van der Waals surface area contributed by atoms with Gasteiger partial charge in [-0.15, -0.1) is 0 Å². The molecule has 214 valence electrons. The van der Waals surface area contributed by atoms with Crippen LogP contribution in [-0.2, 0) is 26.2 Å². The number of carbonyl (C=O) groups excluding carboxylic acids is 2. The van der Waals surface area contributed by atoms with E-state index in [4.69, 9.17) is 39.5 Å². The third kappa shape index (κ3) is 7.40. The zero-order valence-corrected chi connectivity index (χ0v) is 25.3. The molecule has 0 aliphatic rings. The molecule has 1 N–H and O–H groups in total. The van der Waals surface area contributed by atoms with Crippen LogP contribution in [0.3, 0.4) is 0 Å². The molecule has 3 aromatic rings. The lowest BCUT2D eigenvalue weighted by atomic mass is 10.1. The number of sulfonamides is 1. The van der Waals surface area contributed by atoms with E-state index in [9.17, 15) is 18.0 Å². The molecule has 0 fully saturated rings. The summed E-state index contributed by atoms with van der Waals surface area (Å²) in [6.45, 7) is 3.18. The fourth-order valence-corrected chi connectivity index (χ4v) is 6.13. The van der Waals surface area contributed by atoms with Gasteiger partial charge in [0.2, 0.25) is 11.8 Å². The van der Waals surface area contributed by atoms with E-state index in [1.54, 1.807) is 32.0 Å². The van der Waals surface area contributed by atoms with Crippen molar-refractivity contribution in [2.24, 2.45) is 0 Å². The van der Waals surface area contributed by atoms with Crippen molar-refractivity contribution in [3.05, 3.63) is 87.4 Å². The Morgan fingerprint density at radius 3 is 2.05 bits per heavy atom. The molecule has 1 atom stereocenters. The van der Waals surface area contributed by atoms with Crippen molar-refractivity contribution in [2.75, 3.05) is 24.5 Å². The Morgan fingerprint density at radius 2 is 1.52 bits per heavy atom. The van der Waals surface area contributed by atoms with Crippen molar-refractivity contribution in [1.82, 2.24) is 10.2 Å². The van der Waals surface area contributed by atoms with Gasteiger partial charge < -0.3 is 15.0 Å². The van der Waals surface area contributed by atoms with E-state index < -0.39 is 28.5 Å². The van der Waals surface area contributed by atoms with Gasteiger partial charge in [-0.1, -0.05) is 47.8 Å². The molecule has 0 saturated carbocycles. The molecular weight excluding hydrogens is 597 g/mol. The summed E-state index contributed by atoms with van der Waals surface area (Å²) >= 11 is 18.9. The van der Waals surface area contributed by atoms with Gasteiger partial charge in [0, 0.05) is 33.7 Å². The van der Waals surface area contributed by atoms with Crippen LogP contribution in [-0.4, -0.2) is 51.4 Å². The highest BCUT2D eigenvalue weighted by Gasteiger charge is 2.34. The molecule has 40 heavy (non-hydrogen) atoms. The summed E-state index contributed by atoms with van der Waals surface area (Å²) in [5.41, 5.74) is 0.660. The van der Waals surface area contributed by atoms with Crippen molar-refractivity contribution in [1.29, 1.82) is 0 Å². The maximum absolute atomic E-state index is 14.0. The van der Waals surface area contributed by atoms with Crippen LogP contribution < -0.4 is 14.4 Å². The molecule has 8 nitrogen and oxygen atoms in total. The quantitative estimate of drug-likeness (QED) is 0.274. The molecule has 0 aromatic heterocycles. The topological polar surface area (TPSA) is 96.0 Å². The summed E-state index contributed by atoms with van der Waals surface area (Å²) in [5.74, 6) is -0.526. The van der Waals surface area contributed by atoms with E-state index in [-0.39, 0.29) is 29.5 Å². The molecule has 3 rings (SSSR count). The van der Waals surface area contributed by atoms with Gasteiger partial charge in [-0.2, -0.15) is 0 Å². The predicted octanol–water partition coefficient (Wildman–Crippen LogP) is 5.79. The highest BCUT2D eigenvalue weighted by molar-refractivity contribution is 7.92. The average Bonchev–Trinajstić information content (AvgIpc) is 2.93. The number of hydrogen-bond donors (Lipinski definition) is 1. The fourth-order valence-electron chi connectivity index (χ4n) is 4.08. The Labute approximate surface area is 249 Å². The largest absolute Gasteiger partial charge is 0.497 e. The Balaban J connectivity index is 2.09. The standard InChI is InChI=1S/C28H30Cl3N3O5S/c1-4-26(28(36)32-5-2)33(17-23-24(30)7-6-8-25(23)31)27(35)18-34(20-11-9-19(29)10-12-20)40(37,38)22-15-13-21(39-3)14-16-22/h6-16,26H,4-5,17-18H2,1-3H3,(H,32,36)/t26-/m0/s1. The lowest BCUT2D eigenvalue weighted by molar-refractivity contribution is -0.140. The van der Waals surface area contributed by atoms with Crippen LogP contribution in [0.1, 0.15) is 25.8 Å². The van der Waals surface area contributed by atoms with E-state index in [0.717, 1.165) is 4.31 Å². The lowest BCUT2D eigenvalue weighted by Crippen LogP contribution is -2.52. The van der Waals surface area contributed by atoms with Crippen molar-refractivity contribution in [2.45, 2.75) is 37.8 Å². The zero-order chi connectivity index (χ0) is 29.4. The van der Waals surface area contributed by atoms with E-state index in [0.29, 0.717) is 32.9 Å². The first kappa shape index (κ1) is 31.5. The van der Waals surface area contributed by atoms with Crippen molar-refractivity contribution >= 4 is 62.3 Å². The number of hydrogen-bond acceptors (Lipinski definition) is 5. The highest BCUT2D eigenvalue weighted by Crippen LogP contribution is 2.29. The van der Waals surface area contributed by atoms with Crippen molar-refractivity contribution < 1.29 is 22.7 Å². The van der Waals surface area contributed by atoms with Crippen LogP contribution in [0.4, 0.5) is 5.69 Å². The first-order valence-electron chi connectivity index (χ1n) is 12.5. The van der Waals surface area contributed by atoms with Crippen LogP contribution >= 0.6 is 34.8 Å². The zero-order valence-electron chi connectivity index (χ0n) is 22.2. The monoisotopic (exact) mass is 625 g/mol. The van der Waals surface area contributed by atoms with Crippen LogP contribution in [0, 0.1) is 0 Å². The summed E-state index contributed by atoms with van der Waals surface area (Å²) < 4.78 is 33.9. The average molecular weight is 627 g/mol. The second-order valence-electron chi connectivity index (χ2n) is 8.70. The summed E-state index contributed by atoms with van der Waals surface area (Å²) in [5, 5.41) is 3.78. The van der Waals surface area contributed by atoms with E-state index in [1.807, 2.05) is 0 Å². The van der Waals surface area contributed by atoms with Gasteiger partial charge in [-0.05, 0) is 74.0 Å². The van der Waals surface area contributed by atoms with E-state index in [1.165, 1.54) is 60.5 Å². The molecule has 0 saturated heterocycles. The number of nitrogens with one attached hydrogen (secondary N) is 1. The number of rotatable bonds is 12. The van der Waals surface area contributed by atoms with Gasteiger partial charge in [-0.25, -0.2) is 8.42 Å². The normalized spacial score (nSPS) is 11.9. The summed E-state index contributed by atoms with van der Waals surface area (Å²) in [6, 6.07) is 15.9. The van der Waals surface area contributed by atoms with Crippen molar-refractivity contribution in [3.63, 3.8) is 0 Å². The lowest BCUT2D eigenvalue weighted by Gasteiger charge is -2.33. The molecule has 0 heterocycles. The van der Waals surface area contributed by atoms with Gasteiger partial charge in [0.25, 0.3) is 10.0 Å². The molecule has 0 aliphatic heterocycles. The summed E-state index contributed by atoms with van der Waals surface area (Å²) in [6.07, 6.45) is 0.270. The third-order valence-electron chi connectivity index (χ3n) is 6.17. The number of methoxy groups -OCH3 is 1. The van der Waals surface area contributed by atoms with Gasteiger partial charge in [0.05, 0.1) is 17.7 Å². The molecule has 0 unspecified atom stereocenters. The number of nitrogens with zero attached hydrogens (tertiary/aromatic N) is 2. The number of carbonyl (C=O) groups is 2. The van der Waals surface area contributed by atoms with Crippen molar-refractivity contribution in [3.8, 4) is 5.75 Å². The number of ether oxygens (including phenoxy) is 1. The number of benzene rings is 3. The fraction of sp³-hybridized carbons (Fsp3) is 0.286. The third-order valence-corrected chi connectivity index (χ3v) is 8.92. The van der Waals surface area contributed by atoms with E-state index >= 15 is 0 Å². The van der Waals surface area contributed by atoms with Gasteiger partial charge in [-0.3, -0.25) is 13.9 Å². The Bertz CT molecular complexity index is 1410. The first-order chi connectivity index (χ1) is 19.0. The molecule has 0 radical (unpaired) electrons. The number of amides is 2. The maximum Gasteiger partial charge on any atom is 0.264 e. The van der Waals surface area contributed by atoms with Gasteiger partial charge >= 0.3 is 0 Å². The Hall–Kier alpha value is -2.98. The summed E-state index contributed by atoms with van der Waals surface area (Å²) in [4.78, 5) is 28.3. The molecule has 0 spiro atoms. The van der Waals surface area contributed by atoms with Crippen LogP contribution in [0.25, 0.3) is 0 Å². The minimum absolute atomic E-state index is 0.0486. The van der Waals surface area contributed by atoms with Crippen LogP contribution in [0.5, 0.6) is 5.75 Å². The maximum atomic E-state index is 14.0.